The van der Waals surface area contributed by atoms with Crippen LogP contribution in [0.1, 0.15) is 16.7 Å². The Labute approximate surface area is 142 Å². The number of amides is 1. The number of nitrogens with one attached hydrogen (secondary N) is 1. The number of carbonyl (C=O) groups is 1. The molecule has 0 spiro atoms. The fraction of sp³-hybridized carbons (Fsp3) is 0.278. The first-order chi connectivity index (χ1) is 11.5. The van der Waals surface area contributed by atoms with Gasteiger partial charge in [-0.3, -0.25) is 0 Å². The molecule has 24 heavy (non-hydrogen) atoms. The summed E-state index contributed by atoms with van der Waals surface area (Å²) in [5.41, 5.74) is 3.14. The molecule has 0 saturated carbocycles. The van der Waals surface area contributed by atoms with Crippen LogP contribution >= 0.6 is 0 Å². The van der Waals surface area contributed by atoms with Crippen LogP contribution in [-0.4, -0.2) is 35.8 Å². The highest BCUT2D eigenvalue weighted by Gasteiger charge is 2.26. The molecule has 126 valence electrons. The van der Waals surface area contributed by atoms with Crippen molar-refractivity contribution in [2.75, 3.05) is 6.61 Å². The summed E-state index contributed by atoms with van der Waals surface area (Å²) in [6.07, 6.45) is 0.266. The van der Waals surface area contributed by atoms with Gasteiger partial charge in [-0.15, -0.1) is 0 Å². The fourth-order valence-corrected chi connectivity index (χ4v) is 2.42. The van der Waals surface area contributed by atoms with E-state index in [1.54, 1.807) is 0 Å². The summed E-state index contributed by atoms with van der Waals surface area (Å²) >= 11 is 0. The highest BCUT2D eigenvalue weighted by molar-refractivity contribution is 6.43. The molecule has 0 radical (unpaired) electrons. The van der Waals surface area contributed by atoms with E-state index in [0.717, 1.165) is 16.7 Å². The molecule has 0 unspecified atom stereocenters. The van der Waals surface area contributed by atoms with Crippen LogP contribution in [0.3, 0.4) is 0 Å². The predicted molar refractivity (Wildman–Crippen MR) is 93.5 cm³/mol. The Kier molecular flexibility index (Phi) is 6.84. The van der Waals surface area contributed by atoms with Gasteiger partial charge >= 0.3 is 13.2 Å². The second-order valence-corrected chi connectivity index (χ2v) is 5.73. The zero-order valence-corrected chi connectivity index (χ0v) is 13.7. The molecular weight excluding hydrogens is 305 g/mol. The van der Waals surface area contributed by atoms with E-state index in [-0.39, 0.29) is 6.61 Å². The van der Waals surface area contributed by atoms with Gasteiger partial charge in [0.15, 0.2) is 0 Å². The van der Waals surface area contributed by atoms with E-state index in [9.17, 15) is 14.8 Å². The Morgan fingerprint density at radius 1 is 1.12 bits per heavy atom. The van der Waals surface area contributed by atoms with Crippen LogP contribution in [0.25, 0.3) is 0 Å². The molecule has 2 aromatic rings. The van der Waals surface area contributed by atoms with Crippen molar-refractivity contribution in [3.63, 3.8) is 0 Å². The Hall–Kier alpha value is -2.31. The van der Waals surface area contributed by atoms with E-state index >= 15 is 0 Å². The highest BCUT2D eigenvalue weighted by atomic mass is 16.5. The van der Waals surface area contributed by atoms with Gasteiger partial charge in [0, 0.05) is 6.42 Å². The lowest BCUT2D eigenvalue weighted by Crippen LogP contribution is -2.48. The number of hydrogen-bond donors (Lipinski definition) is 3. The topological polar surface area (TPSA) is 78.8 Å². The minimum absolute atomic E-state index is 0.231. The van der Waals surface area contributed by atoms with Crippen molar-refractivity contribution < 1.29 is 19.6 Å². The lowest BCUT2D eigenvalue weighted by molar-refractivity contribution is 0.144. The molecule has 0 aliphatic carbocycles. The Balaban J connectivity index is 1.80. The van der Waals surface area contributed by atoms with Gasteiger partial charge < -0.3 is 20.1 Å². The summed E-state index contributed by atoms with van der Waals surface area (Å²) < 4.78 is 5.13. The molecule has 0 saturated heterocycles. The maximum Gasteiger partial charge on any atom is 0.475 e. The molecule has 0 aliphatic rings. The Morgan fingerprint density at radius 3 is 2.50 bits per heavy atom. The van der Waals surface area contributed by atoms with Gasteiger partial charge in [-0.25, -0.2) is 4.79 Å². The standard InChI is InChI=1S/C18H22BNO4/c1-14-6-5-9-16(12-14)10-11-24-18(21)20-17(19(22)23)13-15-7-3-2-4-8-15/h2-9,12,17,22-23H,10-11,13H2,1H3,(H,20,21)/t17-/m0/s1. The van der Waals surface area contributed by atoms with Crippen molar-refractivity contribution in [2.24, 2.45) is 0 Å². The Morgan fingerprint density at radius 2 is 1.83 bits per heavy atom. The molecule has 2 rings (SSSR count). The van der Waals surface area contributed by atoms with E-state index in [0.29, 0.717) is 12.8 Å². The maximum absolute atomic E-state index is 11.8. The van der Waals surface area contributed by atoms with Crippen molar-refractivity contribution in [1.29, 1.82) is 0 Å². The first-order valence-corrected chi connectivity index (χ1v) is 7.93. The van der Waals surface area contributed by atoms with Crippen molar-refractivity contribution in [3.8, 4) is 0 Å². The predicted octanol–water partition coefficient (Wildman–Crippen LogP) is 1.89. The normalized spacial score (nSPS) is 11.6. The summed E-state index contributed by atoms with van der Waals surface area (Å²) in [4.78, 5) is 11.8. The van der Waals surface area contributed by atoms with Gasteiger partial charge in [-0.1, -0.05) is 60.2 Å². The van der Waals surface area contributed by atoms with E-state index in [2.05, 4.69) is 5.32 Å². The smallest absolute Gasteiger partial charge is 0.449 e. The number of rotatable bonds is 7. The average molecular weight is 327 g/mol. The largest absolute Gasteiger partial charge is 0.475 e. The molecule has 0 heterocycles. The molecule has 5 nitrogen and oxygen atoms in total. The zero-order valence-electron chi connectivity index (χ0n) is 13.7. The third-order valence-corrected chi connectivity index (χ3v) is 3.67. The summed E-state index contributed by atoms with van der Waals surface area (Å²) in [7, 11) is -1.66. The second kappa shape index (κ2) is 9.10. The summed E-state index contributed by atoms with van der Waals surface area (Å²) in [5.74, 6) is -0.820. The number of ether oxygens (including phenoxy) is 1. The van der Waals surface area contributed by atoms with Crippen LogP contribution < -0.4 is 5.32 Å². The number of benzene rings is 2. The molecule has 6 heteroatoms. The van der Waals surface area contributed by atoms with Crippen molar-refractivity contribution in [1.82, 2.24) is 5.32 Å². The third kappa shape index (κ3) is 6.06. The monoisotopic (exact) mass is 327 g/mol. The lowest BCUT2D eigenvalue weighted by atomic mass is 9.76. The molecule has 2 aromatic carbocycles. The minimum atomic E-state index is -1.66. The number of aryl methyl sites for hydroxylation is 1. The molecule has 0 aromatic heterocycles. The first-order valence-electron chi connectivity index (χ1n) is 7.93. The van der Waals surface area contributed by atoms with Gasteiger partial charge in [-0.2, -0.15) is 0 Å². The number of carbonyl (C=O) groups excluding carboxylic acids is 1. The van der Waals surface area contributed by atoms with Crippen molar-refractivity contribution >= 4 is 13.2 Å². The quantitative estimate of drug-likeness (QED) is 0.679. The van der Waals surface area contributed by atoms with Crippen LogP contribution in [0.15, 0.2) is 54.6 Å². The fourth-order valence-electron chi connectivity index (χ4n) is 2.42. The van der Waals surface area contributed by atoms with Gasteiger partial charge in [-0.05, 0) is 24.5 Å². The second-order valence-electron chi connectivity index (χ2n) is 5.73. The average Bonchev–Trinajstić information content (AvgIpc) is 2.55. The summed E-state index contributed by atoms with van der Waals surface area (Å²) in [6, 6.07) is 17.3. The maximum atomic E-state index is 11.8. The molecule has 3 N–H and O–H groups in total. The molecule has 1 amide bonds. The lowest BCUT2D eigenvalue weighted by Gasteiger charge is -2.17. The third-order valence-electron chi connectivity index (χ3n) is 3.67. The van der Waals surface area contributed by atoms with Crippen LogP contribution in [-0.2, 0) is 17.6 Å². The minimum Gasteiger partial charge on any atom is -0.449 e. The summed E-state index contributed by atoms with van der Waals surface area (Å²) in [6.45, 7) is 2.24. The SMILES string of the molecule is Cc1cccc(CCOC(=O)N[C@@H](Cc2ccccc2)B(O)O)c1. The van der Waals surface area contributed by atoms with Crippen LogP contribution in [0.4, 0.5) is 4.79 Å². The van der Waals surface area contributed by atoms with E-state index in [1.807, 2.05) is 61.5 Å². The highest BCUT2D eigenvalue weighted by Crippen LogP contribution is 2.06. The van der Waals surface area contributed by atoms with Crippen LogP contribution in [0, 0.1) is 6.92 Å². The zero-order chi connectivity index (χ0) is 17.4. The molecule has 0 bridgehead atoms. The van der Waals surface area contributed by atoms with Crippen molar-refractivity contribution in [3.05, 3.63) is 71.3 Å². The van der Waals surface area contributed by atoms with Gasteiger partial charge in [0.2, 0.25) is 0 Å². The Bertz CT molecular complexity index is 648. The molecule has 0 aliphatic heterocycles. The molecular formula is C18H22BNO4. The van der Waals surface area contributed by atoms with E-state index in [1.165, 1.54) is 0 Å². The molecule has 1 atom stereocenters. The van der Waals surface area contributed by atoms with Crippen LogP contribution in [0.5, 0.6) is 0 Å². The van der Waals surface area contributed by atoms with Gasteiger partial charge in [0.05, 0.1) is 12.5 Å². The van der Waals surface area contributed by atoms with Crippen LogP contribution in [0.2, 0.25) is 0 Å². The van der Waals surface area contributed by atoms with Gasteiger partial charge in [0.25, 0.3) is 0 Å². The molecule has 0 fully saturated rings. The summed E-state index contributed by atoms with van der Waals surface area (Å²) in [5, 5.41) is 21.4. The van der Waals surface area contributed by atoms with E-state index in [4.69, 9.17) is 4.74 Å². The van der Waals surface area contributed by atoms with Gasteiger partial charge in [0.1, 0.15) is 0 Å². The van der Waals surface area contributed by atoms with Crippen molar-refractivity contribution in [2.45, 2.75) is 25.7 Å². The number of alkyl carbamates (subject to hydrolysis) is 1. The number of hydrogen-bond acceptors (Lipinski definition) is 4. The van der Waals surface area contributed by atoms with E-state index < -0.39 is 19.2 Å². The first kappa shape index (κ1) is 18.0.